The lowest BCUT2D eigenvalue weighted by atomic mass is 9.98. The van der Waals surface area contributed by atoms with Crippen molar-refractivity contribution in [3.8, 4) is 17.2 Å². The molecule has 0 radical (unpaired) electrons. The average Bonchev–Trinajstić information content (AvgIpc) is 3.10. The van der Waals surface area contributed by atoms with Gasteiger partial charge in [0.25, 0.3) is 0 Å². The molecule has 2 aromatic rings. The third-order valence-electron chi connectivity index (χ3n) is 3.98. The van der Waals surface area contributed by atoms with Crippen LogP contribution in [0.1, 0.15) is 23.6 Å². The van der Waals surface area contributed by atoms with Gasteiger partial charge in [-0.05, 0) is 35.9 Å². The van der Waals surface area contributed by atoms with Gasteiger partial charge >= 0.3 is 0 Å². The van der Waals surface area contributed by atoms with Gasteiger partial charge in [-0.2, -0.15) is 5.10 Å². The molecule has 1 heterocycles. The Morgan fingerprint density at radius 3 is 2.39 bits per heavy atom. The van der Waals surface area contributed by atoms with Crippen LogP contribution in [-0.2, 0) is 0 Å². The molecule has 120 valence electrons. The highest BCUT2D eigenvalue weighted by atomic mass is 16.5. The van der Waals surface area contributed by atoms with E-state index in [-0.39, 0.29) is 6.04 Å². The number of ether oxygens (including phenoxy) is 3. The Balaban J connectivity index is 1.81. The van der Waals surface area contributed by atoms with Crippen LogP contribution < -0.4 is 19.6 Å². The Hall–Kier alpha value is -2.69. The van der Waals surface area contributed by atoms with Crippen LogP contribution in [0.2, 0.25) is 0 Å². The van der Waals surface area contributed by atoms with Crippen molar-refractivity contribution < 1.29 is 14.2 Å². The minimum absolute atomic E-state index is 0.0668. The summed E-state index contributed by atoms with van der Waals surface area (Å²) in [6.45, 7) is 0. The molecule has 0 amide bonds. The SMILES string of the molecule is COc1ccc(C2=NNC(c3cccc(OC)c3OC)C2)cc1. The molecule has 23 heavy (non-hydrogen) atoms. The van der Waals surface area contributed by atoms with E-state index in [1.807, 2.05) is 42.5 Å². The summed E-state index contributed by atoms with van der Waals surface area (Å²) < 4.78 is 16.1. The molecule has 2 aromatic carbocycles. The summed E-state index contributed by atoms with van der Waals surface area (Å²) in [5.41, 5.74) is 6.34. The van der Waals surface area contributed by atoms with Gasteiger partial charge in [-0.3, -0.25) is 0 Å². The molecule has 0 aromatic heterocycles. The van der Waals surface area contributed by atoms with E-state index >= 15 is 0 Å². The molecule has 1 atom stereocenters. The summed E-state index contributed by atoms with van der Waals surface area (Å²) >= 11 is 0. The van der Waals surface area contributed by atoms with E-state index in [9.17, 15) is 0 Å². The Labute approximate surface area is 135 Å². The van der Waals surface area contributed by atoms with E-state index < -0.39 is 0 Å². The van der Waals surface area contributed by atoms with Crippen molar-refractivity contribution in [3.63, 3.8) is 0 Å². The molecule has 3 rings (SSSR count). The fourth-order valence-corrected chi connectivity index (χ4v) is 2.77. The van der Waals surface area contributed by atoms with Gasteiger partial charge in [0.1, 0.15) is 5.75 Å². The molecule has 0 fully saturated rings. The number of hydrogen-bond acceptors (Lipinski definition) is 5. The van der Waals surface area contributed by atoms with E-state index in [1.54, 1.807) is 21.3 Å². The molecule has 5 heteroatoms. The standard InChI is InChI=1S/C18H20N2O3/c1-21-13-9-7-12(8-10-13)15-11-16(20-19-15)14-5-4-6-17(22-2)18(14)23-3/h4-10,16,20H,11H2,1-3H3. The second kappa shape index (κ2) is 6.60. The van der Waals surface area contributed by atoms with Crippen molar-refractivity contribution in [1.82, 2.24) is 5.43 Å². The van der Waals surface area contributed by atoms with Gasteiger partial charge in [-0.25, -0.2) is 0 Å². The first-order chi connectivity index (χ1) is 11.3. The third kappa shape index (κ3) is 2.95. The number of para-hydroxylation sites is 1. The Bertz CT molecular complexity index is 711. The zero-order chi connectivity index (χ0) is 16.2. The highest BCUT2D eigenvalue weighted by Crippen LogP contribution is 2.37. The van der Waals surface area contributed by atoms with Gasteiger partial charge in [-0.1, -0.05) is 12.1 Å². The van der Waals surface area contributed by atoms with Crippen LogP contribution in [0.4, 0.5) is 0 Å². The van der Waals surface area contributed by atoms with Crippen molar-refractivity contribution in [2.45, 2.75) is 12.5 Å². The number of nitrogens with one attached hydrogen (secondary N) is 1. The minimum Gasteiger partial charge on any atom is -0.497 e. The normalized spacial score (nSPS) is 16.5. The maximum Gasteiger partial charge on any atom is 0.166 e. The van der Waals surface area contributed by atoms with Crippen molar-refractivity contribution >= 4 is 5.71 Å². The molecule has 5 nitrogen and oxygen atoms in total. The third-order valence-corrected chi connectivity index (χ3v) is 3.98. The van der Waals surface area contributed by atoms with Crippen LogP contribution in [-0.4, -0.2) is 27.0 Å². The number of benzene rings is 2. The summed E-state index contributed by atoms with van der Waals surface area (Å²) in [6.07, 6.45) is 0.788. The van der Waals surface area contributed by atoms with Gasteiger partial charge in [0.2, 0.25) is 0 Å². The number of hydrogen-bond donors (Lipinski definition) is 1. The molecular weight excluding hydrogens is 292 g/mol. The Morgan fingerprint density at radius 2 is 1.74 bits per heavy atom. The largest absolute Gasteiger partial charge is 0.497 e. The summed E-state index contributed by atoms with van der Waals surface area (Å²) in [4.78, 5) is 0. The quantitative estimate of drug-likeness (QED) is 0.921. The lowest BCUT2D eigenvalue weighted by Crippen LogP contribution is -2.11. The predicted octanol–water partition coefficient (Wildman–Crippen LogP) is 3.15. The minimum atomic E-state index is 0.0668. The van der Waals surface area contributed by atoms with Crippen LogP contribution in [0.3, 0.4) is 0 Å². The summed E-state index contributed by atoms with van der Waals surface area (Å²) in [7, 11) is 4.96. The second-order valence-electron chi connectivity index (χ2n) is 5.26. The molecule has 0 bridgehead atoms. The van der Waals surface area contributed by atoms with Crippen molar-refractivity contribution in [1.29, 1.82) is 0 Å². The molecule has 0 spiro atoms. The van der Waals surface area contributed by atoms with Gasteiger partial charge in [0.15, 0.2) is 11.5 Å². The first-order valence-corrected chi connectivity index (χ1v) is 7.44. The first kappa shape index (κ1) is 15.2. The molecule has 0 saturated carbocycles. The van der Waals surface area contributed by atoms with Crippen molar-refractivity contribution in [2.75, 3.05) is 21.3 Å². The molecule has 0 aliphatic carbocycles. The van der Waals surface area contributed by atoms with E-state index in [1.165, 1.54) is 0 Å². The van der Waals surface area contributed by atoms with Crippen molar-refractivity contribution in [2.24, 2.45) is 5.10 Å². The Kier molecular flexibility index (Phi) is 4.37. The fraction of sp³-hybridized carbons (Fsp3) is 0.278. The number of methoxy groups -OCH3 is 3. The lowest BCUT2D eigenvalue weighted by Gasteiger charge is -2.17. The number of hydrazone groups is 1. The molecule has 1 unspecified atom stereocenters. The smallest absolute Gasteiger partial charge is 0.166 e. The second-order valence-corrected chi connectivity index (χ2v) is 5.26. The van der Waals surface area contributed by atoms with Gasteiger partial charge in [-0.15, -0.1) is 0 Å². The zero-order valence-corrected chi connectivity index (χ0v) is 13.5. The zero-order valence-electron chi connectivity index (χ0n) is 13.5. The van der Waals surface area contributed by atoms with E-state index in [4.69, 9.17) is 14.2 Å². The average molecular weight is 312 g/mol. The van der Waals surface area contributed by atoms with Gasteiger partial charge in [0, 0.05) is 12.0 Å². The monoisotopic (exact) mass is 312 g/mol. The molecular formula is C18H20N2O3. The van der Waals surface area contributed by atoms with E-state index in [2.05, 4.69) is 10.5 Å². The summed E-state index contributed by atoms with van der Waals surface area (Å²) in [6, 6.07) is 13.9. The van der Waals surface area contributed by atoms with Crippen molar-refractivity contribution in [3.05, 3.63) is 53.6 Å². The molecule has 0 saturated heterocycles. The molecule has 1 N–H and O–H groups in total. The number of rotatable bonds is 5. The van der Waals surface area contributed by atoms with E-state index in [0.29, 0.717) is 0 Å². The summed E-state index contributed by atoms with van der Waals surface area (Å²) in [5.74, 6) is 2.31. The summed E-state index contributed by atoms with van der Waals surface area (Å²) in [5, 5.41) is 4.48. The van der Waals surface area contributed by atoms with Crippen LogP contribution in [0.5, 0.6) is 17.2 Å². The van der Waals surface area contributed by atoms with Gasteiger partial charge in [0.05, 0.1) is 33.1 Å². The van der Waals surface area contributed by atoms with Crippen LogP contribution in [0.15, 0.2) is 47.6 Å². The maximum absolute atomic E-state index is 5.52. The molecule has 1 aliphatic rings. The van der Waals surface area contributed by atoms with Crippen LogP contribution >= 0.6 is 0 Å². The van der Waals surface area contributed by atoms with E-state index in [0.717, 1.165) is 40.5 Å². The fourth-order valence-electron chi connectivity index (χ4n) is 2.77. The number of nitrogens with zero attached hydrogens (tertiary/aromatic N) is 1. The maximum atomic E-state index is 5.52. The Morgan fingerprint density at radius 1 is 0.957 bits per heavy atom. The first-order valence-electron chi connectivity index (χ1n) is 7.44. The van der Waals surface area contributed by atoms with Crippen LogP contribution in [0, 0.1) is 0 Å². The molecule has 1 aliphatic heterocycles. The highest BCUT2D eigenvalue weighted by molar-refractivity contribution is 6.02. The highest BCUT2D eigenvalue weighted by Gasteiger charge is 2.25. The lowest BCUT2D eigenvalue weighted by molar-refractivity contribution is 0.348. The topological polar surface area (TPSA) is 52.1 Å². The van der Waals surface area contributed by atoms with Gasteiger partial charge < -0.3 is 19.6 Å². The van der Waals surface area contributed by atoms with Crippen LogP contribution in [0.25, 0.3) is 0 Å². The predicted molar refractivity (Wildman–Crippen MR) is 89.6 cm³/mol.